The van der Waals surface area contributed by atoms with E-state index in [1.807, 2.05) is 47.2 Å². The van der Waals surface area contributed by atoms with Gasteiger partial charge in [0.25, 0.3) is 0 Å². The summed E-state index contributed by atoms with van der Waals surface area (Å²) in [6, 6.07) is 15.8. The lowest BCUT2D eigenvalue weighted by molar-refractivity contribution is -0.136. The highest BCUT2D eigenvalue weighted by atomic mass is 32.1. The third kappa shape index (κ3) is 3.10. The second kappa shape index (κ2) is 6.57. The lowest BCUT2D eigenvalue weighted by atomic mass is 9.92. The van der Waals surface area contributed by atoms with Crippen LogP contribution in [0, 0.1) is 0 Å². The Balaban J connectivity index is 2.00. The Hall–Kier alpha value is -2.66. The monoisotopic (exact) mass is 369 g/mol. The normalized spacial score (nSPS) is 11.8. The summed E-state index contributed by atoms with van der Waals surface area (Å²) < 4.78 is 40.3. The van der Waals surface area contributed by atoms with E-state index in [2.05, 4.69) is 4.98 Å². The molecule has 1 nitrogen and oxygen atoms in total. The molecule has 4 rings (SSSR count). The molecule has 0 saturated carbocycles. The van der Waals surface area contributed by atoms with E-state index >= 15 is 0 Å². The molecule has 0 saturated heterocycles. The molecule has 0 unspecified atom stereocenters. The van der Waals surface area contributed by atoms with Crippen molar-refractivity contribution in [3.8, 4) is 11.1 Å². The molecule has 0 fully saturated rings. The number of pyridine rings is 1. The molecule has 0 N–H and O–H groups in total. The number of benzene rings is 2. The van der Waals surface area contributed by atoms with Crippen LogP contribution in [0.1, 0.15) is 16.7 Å². The first kappa shape index (κ1) is 16.8. The number of hydrogen-bond donors (Lipinski definition) is 0. The van der Waals surface area contributed by atoms with Crippen LogP contribution < -0.4 is 0 Å². The fourth-order valence-corrected chi connectivity index (χ4v) is 3.85. The molecule has 0 bridgehead atoms. The van der Waals surface area contributed by atoms with Crippen molar-refractivity contribution in [2.24, 2.45) is 0 Å². The maximum Gasteiger partial charge on any atom is 0.418 e. The van der Waals surface area contributed by atoms with Gasteiger partial charge in [0.1, 0.15) is 0 Å². The Morgan fingerprint density at radius 3 is 2.42 bits per heavy atom. The number of thiophene rings is 1. The third-order valence-corrected chi connectivity index (χ3v) is 5.05. The van der Waals surface area contributed by atoms with Crippen molar-refractivity contribution >= 4 is 22.2 Å². The van der Waals surface area contributed by atoms with Crippen molar-refractivity contribution in [2.75, 3.05) is 0 Å². The first-order valence-electron chi connectivity index (χ1n) is 8.08. The number of nitrogens with zero attached hydrogens (tertiary/aromatic N) is 1. The molecule has 0 aliphatic carbocycles. The molecule has 4 aromatic rings. The van der Waals surface area contributed by atoms with Crippen LogP contribution in [0.25, 0.3) is 22.0 Å². The molecular weight excluding hydrogens is 355 g/mol. The second-order valence-corrected chi connectivity index (χ2v) is 6.81. The van der Waals surface area contributed by atoms with Crippen molar-refractivity contribution in [1.82, 2.24) is 4.98 Å². The van der Waals surface area contributed by atoms with E-state index in [-0.39, 0.29) is 5.52 Å². The maximum absolute atomic E-state index is 13.4. The van der Waals surface area contributed by atoms with E-state index in [1.54, 1.807) is 23.6 Å². The van der Waals surface area contributed by atoms with Crippen LogP contribution in [-0.4, -0.2) is 4.98 Å². The molecule has 26 heavy (non-hydrogen) atoms. The summed E-state index contributed by atoms with van der Waals surface area (Å²) in [6.07, 6.45) is -2.22. The summed E-state index contributed by atoms with van der Waals surface area (Å²) in [5, 5.41) is 4.57. The topological polar surface area (TPSA) is 12.9 Å². The Labute approximate surface area is 152 Å². The van der Waals surface area contributed by atoms with Gasteiger partial charge in [-0.3, -0.25) is 4.98 Å². The van der Waals surface area contributed by atoms with Crippen molar-refractivity contribution in [3.05, 3.63) is 88.2 Å². The summed E-state index contributed by atoms with van der Waals surface area (Å²) in [5.74, 6) is 0. The molecule has 0 aliphatic heterocycles. The zero-order valence-electron chi connectivity index (χ0n) is 13.6. The molecule has 2 aromatic carbocycles. The number of halogens is 3. The summed E-state index contributed by atoms with van der Waals surface area (Å²) in [4.78, 5) is 4.20. The van der Waals surface area contributed by atoms with Crippen LogP contribution in [0.3, 0.4) is 0 Å². The summed E-state index contributed by atoms with van der Waals surface area (Å²) in [7, 11) is 0. The Morgan fingerprint density at radius 1 is 0.923 bits per heavy atom. The number of hydrogen-bond acceptors (Lipinski definition) is 2. The van der Waals surface area contributed by atoms with Crippen molar-refractivity contribution in [2.45, 2.75) is 12.6 Å². The van der Waals surface area contributed by atoms with Crippen LogP contribution >= 0.6 is 11.3 Å². The summed E-state index contributed by atoms with van der Waals surface area (Å²) in [6.45, 7) is 0. The fraction of sp³-hybridized carbons (Fsp3) is 0.0952. The summed E-state index contributed by atoms with van der Waals surface area (Å²) in [5.41, 5.74) is 3.04. The Bertz CT molecular complexity index is 1040. The minimum atomic E-state index is -4.44. The lowest BCUT2D eigenvalue weighted by Gasteiger charge is -2.16. The Kier molecular flexibility index (Phi) is 4.24. The molecule has 0 radical (unpaired) electrons. The van der Waals surface area contributed by atoms with Gasteiger partial charge in [0, 0.05) is 18.0 Å². The van der Waals surface area contributed by atoms with Gasteiger partial charge in [-0.1, -0.05) is 42.5 Å². The van der Waals surface area contributed by atoms with Gasteiger partial charge in [-0.15, -0.1) is 0 Å². The smallest absolute Gasteiger partial charge is 0.255 e. The molecule has 130 valence electrons. The average molecular weight is 369 g/mol. The van der Waals surface area contributed by atoms with Gasteiger partial charge in [-0.2, -0.15) is 24.5 Å². The molecule has 0 spiro atoms. The van der Waals surface area contributed by atoms with Gasteiger partial charge in [0.15, 0.2) is 0 Å². The van der Waals surface area contributed by atoms with Crippen LogP contribution in [0.15, 0.2) is 71.6 Å². The van der Waals surface area contributed by atoms with Crippen LogP contribution in [0.5, 0.6) is 0 Å². The molecule has 0 atom stereocenters. The van der Waals surface area contributed by atoms with Crippen LogP contribution in [-0.2, 0) is 12.6 Å². The highest BCUT2D eigenvalue weighted by molar-refractivity contribution is 7.07. The second-order valence-electron chi connectivity index (χ2n) is 6.03. The van der Waals surface area contributed by atoms with Gasteiger partial charge in [0.05, 0.1) is 11.1 Å². The van der Waals surface area contributed by atoms with Crippen molar-refractivity contribution < 1.29 is 13.2 Å². The molecule has 0 aliphatic rings. The fourth-order valence-electron chi connectivity index (χ4n) is 3.19. The number of fused-ring (bicyclic) bond motifs is 1. The number of alkyl halides is 3. The maximum atomic E-state index is 13.4. The van der Waals surface area contributed by atoms with Gasteiger partial charge in [-0.25, -0.2) is 0 Å². The zero-order chi connectivity index (χ0) is 18.1. The van der Waals surface area contributed by atoms with E-state index in [0.29, 0.717) is 11.8 Å². The zero-order valence-corrected chi connectivity index (χ0v) is 14.4. The Morgan fingerprint density at radius 2 is 1.73 bits per heavy atom. The molecule has 5 heteroatoms. The van der Waals surface area contributed by atoms with Crippen molar-refractivity contribution in [1.29, 1.82) is 0 Å². The molecule has 0 amide bonds. The average Bonchev–Trinajstić information content (AvgIpc) is 3.14. The van der Waals surface area contributed by atoms with Gasteiger partial charge in [-0.05, 0) is 45.1 Å². The predicted octanol–water partition coefficient (Wildman–Crippen LogP) is 6.57. The minimum Gasteiger partial charge on any atom is -0.255 e. The van der Waals surface area contributed by atoms with Crippen LogP contribution in [0.4, 0.5) is 13.2 Å². The largest absolute Gasteiger partial charge is 0.418 e. The standard InChI is InChI=1S/C21H14F3NS/c22-21(23,24)18-8-4-7-17-19(15-5-2-1-3-6-15)16(12-25-20(17)18)11-14-9-10-26-13-14/h1-10,12-13H,11H2. The highest BCUT2D eigenvalue weighted by Crippen LogP contribution is 2.38. The number of rotatable bonds is 3. The van der Waals surface area contributed by atoms with E-state index < -0.39 is 11.7 Å². The van der Waals surface area contributed by atoms with E-state index in [4.69, 9.17) is 0 Å². The van der Waals surface area contributed by atoms with Crippen molar-refractivity contribution in [3.63, 3.8) is 0 Å². The highest BCUT2D eigenvalue weighted by Gasteiger charge is 2.33. The molecule has 2 aromatic heterocycles. The quantitative estimate of drug-likeness (QED) is 0.398. The first-order chi connectivity index (χ1) is 12.5. The molecular formula is C21H14F3NS. The lowest BCUT2D eigenvalue weighted by Crippen LogP contribution is -2.07. The van der Waals surface area contributed by atoms with E-state index in [0.717, 1.165) is 28.3 Å². The predicted molar refractivity (Wildman–Crippen MR) is 99.3 cm³/mol. The van der Waals surface area contributed by atoms with E-state index in [1.165, 1.54) is 6.07 Å². The number of para-hydroxylation sites is 1. The van der Waals surface area contributed by atoms with Crippen LogP contribution in [0.2, 0.25) is 0 Å². The molecule has 2 heterocycles. The number of aromatic nitrogens is 1. The van der Waals surface area contributed by atoms with Gasteiger partial charge < -0.3 is 0 Å². The van der Waals surface area contributed by atoms with E-state index in [9.17, 15) is 13.2 Å². The van der Waals surface area contributed by atoms with Gasteiger partial charge >= 0.3 is 6.18 Å². The third-order valence-electron chi connectivity index (χ3n) is 4.32. The SMILES string of the molecule is FC(F)(F)c1cccc2c(-c3ccccc3)c(Cc3ccsc3)cnc12. The minimum absolute atomic E-state index is 0.00655. The summed E-state index contributed by atoms with van der Waals surface area (Å²) >= 11 is 1.60. The first-order valence-corrected chi connectivity index (χ1v) is 9.02. The van der Waals surface area contributed by atoms with Gasteiger partial charge in [0.2, 0.25) is 0 Å².